The van der Waals surface area contributed by atoms with Gasteiger partial charge in [0, 0.05) is 44.8 Å². The highest BCUT2D eigenvalue weighted by atomic mass is 79.9. The number of hydrogen-bond donors (Lipinski definition) is 1. The molecule has 0 bridgehead atoms. The van der Waals surface area contributed by atoms with Gasteiger partial charge in [0.1, 0.15) is 11.5 Å². The Morgan fingerprint density at radius 2 is 1.67 bits per heavy atom. The molecule has 6 heteroatoms. The summed E-state index contributed by atoms with van der Waals surface area (Å²) in [4.78, 5) is 4.69. The van der Waals surface area contributed by atoms with Gasteiger partial charge in [-0.1, -0.05) is 0 Å². The molecule has 0 radical (unpaired) electrons. The van der Waals surface area contributed by atoms with Gasteiger partial charge in [-0.2, -0.15) is 0 Å². The lowest BCUT2D eigenvalue weighted by molar-refractivity contribution is 0.108. The van der Waals surface area contributed by atoms with Gasteiger partial charge in [-0.05, 0) is 28.1 Å². The molecule has 1 fully saturated rings. The summed E-state index contributed by atoms with van der Waals surface area (Å²) in [6.45, 7) is 5.84. The van der Waals surface area contributed by atoms with E-state index in [9.17, 15) is 0 Å². The van der Waals surface area contributed by atoms with Gasteiger partial charge in [-0.25, -0.2) is 0 Å². The molecule has 1 N–H and O–H groups in total. The minimum Gasteiger partial charge on any atom is -0.496 e. The molecule has 1 aliphatic heterocycles. The van der Waals surface area contributed by atoms with Crippen LogP contribution >= 0.6 is 15.9 Å². The van der Waals surface area contributed by atoms with Crippen LogP contribution in [0.1, 0.15) is 5.56 Å². The van der Waals surface area contributed by atoms with Crippen LogP contribution in [0.5, 0.6) is 11.5 Å². The van der Waals surface area contributed by atoms with E-state index in [1.54, 1.807) is 14.2 Å². The molecule has 0 atom stereocenters. The molecule has 1 aliphatic rings. The fraction of sp³-hybridized carbons (Fsp3) is 0.600. The monoisotopic (exact) mass is 358 g/mol. The molecule has 5 nitrogen and oxygen atoms in total. The number of β-amino-alcohol motifs (C(OH)–C–C–N with tert-alkyl or cyclic N) is 1. The second-order valence-corrected chi connectivity index (χ2v) is 5.99. The highest BCUT2D eigenvalue weighted by Crippen LogP contribution is 2.33. The van der Waals surface area contributed by atoms with Crippen molar-refractivity contribution in [1.29, 1.82) is 0 Å². The molecule has 0 saturated carbocycles. The summed E-state index contributed by atoms with van der Waals surface area (Å²) in [5, 5.41) is 8.98. The predicted octanol–water partition coefficient (Wildman–Crippen LogP) is 1.58. The molecule has 0 aromatic heterocycles. The summed E-state index contributed by atoms with van der Waals surface area (Å²) in [7, 11) is 3.36. The van der Waals surface area contributed by atoms with Gasteiger partial charge in [0.15, 0.2) is 0 Å². The second kappa shape index (κ2) is 7.98. The highest BCUT2D eigenvalue weighted by Gasteiger charge is 2.18. The minimum absolute atomic E-state index is 0.234. The lowest BCUT2D eigenvalue weighted by Crippen LogP contribution is -2.46. The van der Waals surface area contributed by atoms with Gasteiger partial charge in [0.2, 0.25) is 0 Å². The van der Waals surface area contributed by atoms with Crippen LogP contribution in [0.15, 0.2) is 16.6 Å². The van der Waals surface area contributed by atoms with Crippen molar-refractivity contribution in [3.63, 3.8) is 0 Å². The average Bonchev–Trinajstić information content (AvgIpc) is 2.50. The third-order valence-corrected chi connectivity index (χ3v) is 4.45. The van der Waals surface area contributed by atoms with Crippen LogP contribution in [0, 0.1) is 0 Å². The Morgan fingerprint density at radius 1 is 1.05 bits per heavy atom. The molecule has 2 rings (SSSR count). The maximum Gasteiger partial charge on any atom is 0.133 e. The summed E-state index contributed by atoms with van der Waals surface area (Å²) in [5.74, 6) is 1.70. The van der Waals surface area contributed by atoms with Crippen molar-refractivity contribution in [2.24, 2.45) is 0 Å². The van der Waals surface area contributed by atoms with Crippen LogP contribution in [-0.4, -0.2) is 68.5 Å². The molecule has 1 saturated heterocycles. The van der Waals surface area contributed by atoms with Crippen molar-refractivity contribution in [3.05, 3.63) is 22.2 Å². The van der Waals surface area contributed by atoms with Crippen molar-refractivity contribution in [2.75, 3.05) is 53.6 Å². The number of aliphatic hydroxyl groups is 1. The number of ether oxygens (including phenoxy) is 2. The van der Waals surface area contributed by atoms with E-state index in [4.69, 9.17) is 14.6 Å². The van der Waals surface area contributed by atoms with E-state index in [2.05, 4.69) is 25.7 Å². The van der Waals surface area contributed by atoms with E-state index in [1.165, 1.54) is 0 Å². The van der Waals surface area contributed by atoms with Crippen molar-refractivity contribution in [3.8, 4) is 11.5 Å². The van der Waals surface area contributed by atoms with Gasteiger partial charge in [-0.15, -0.1) is 0 Å². The molecule has 0 spiro atoms. The van der Waals surface area contributed by atoms with Crippen LogP contribution in [0.25, 0.3) is 0 Å². The minimum atomic E-state index is 0.234. The molecule has 0 aliphatic carbocycles. The third-order valence-electron chi connectivity index (χ3n) is 3.83. The molecule has 1 aromatic carbocycles. The van der Waals surface area contributed by atoms with Crippen molar-refractivity contribution in [1.82, 2.24) is 9.80 Å². The van der Waals surface area contributed by atoms with Gasteiger partial charge in [0.25, 0.3) is 0 Å². The molecule has 1 heterocycles. The fourth-order valence-electron chi connectivity index (χ4n) is 2.60. The molecule has 118 valence electrons. The number of hydrogen-bond acceptors (Lipinski definition) is 5. The molecule has 0 amide bonds. The SMILES string of the molecule is COc1cc(CN2CCN(CCO)CC2)c(OC)cc1Br. The zero-order valence-corrected chi connectivity index (χ0v) is 14.2. The number of benzene rings is 1. The number of rotatable bonds is 6. The zero-order chi connectivity index (χ0) is 15.2. The van der Waals surface area contributed by atoms with Crippen molar-refractivity contribution < 1.29 is 14.6 Å². The van der Waals surface area contributed by atoms with Crippen LogP contribution in [-0.2, 0) is 6.54 Å². The third kappa shape index (κ3) is 4.32. The smallest absolute Gasteiger partial charge is 0.133 e. The second-order valence-electron chi connectivity index (χ2n) is 5.14. The quantitative estimate of drug-likeness (QED) is 0.836. The summed E-state index contributed by atoms with van der Waals surface area (Å²) >= 11 is 3.48. The number of halogens is 1. The molecular formula is C15H23BrN2O3. The van der Waals surface area contributed by atoms with Gasteiger partial charge in [-0.3, -0.25) is 9.80 Å². The summed E-state index contributed by atoms with van der Waals surface area (Å²) in [6, 6.07) is 3.99. The number of aliphatic hydroxyl groups excluding tert-OH is 1. The maximum atomic E-state index is 8.98. The number of nitrogens with zero attached hydrogens (tertiary/aromatic N) is 2. The highest BCUT2D eigenvalue weighted by molar-refractivity contribution is 9.10. The Bertz CT molecular complexity index is 462. The summed E-state index contributed by atoms with van der Waals surface area (Å²) in [6.07, 6.45) is 0. The molecule has 21 heavy (non-hydrogen) atoms. The first kappa shape index (κ1) is 16.5. The standard InChI is InChI=1S/C15H23BrN2O3/c1-20-14-10-13(16)15(21-2)9-12(14)11-18-5-3-17(4-6-18)7-8-19/h9-10,19H,3-8,11H2,1-2H3. The largest absolute Gasteiger partial charge is 0.496 e. The lowest BCUT2D eigenvalue weighted by Gasteiger charge is -2.34. The summed E-state index contributed by atoms with van der Waals surface area (Å²) < 4.78 is 11.7. The first-order valence-electron chi connectivity index (χ1n) is 7.14. The number of piperazine rings is 1. The van der Waals surface area contributed by atoms with Gasteiger partial charge >= 0.3 is 0 Å². The predicted molar refractivity (Wildman–Crippen MR) is 86.0 cm³/mol. The Morgan fingerprint density at radius 3 is 2.24 bits per heavy atom. The van der Waals surface area contributed by atoms with Crippen LogP contribution in [0.4, 0.5) is 0 Å². The van der Waals surface area contributed by atoms with E-state index in [1.807, 2.05) is 12.1 Å². The molecular weight excluding hydrogens is 336 g/mol. The Hall–Kier alpha value is -0.820. The van der Waals surface area contributed by atoms with Crippen LogP contribution < -0.4 is 9.47 Å². The van der Waals surface area contributed by atoms with E-state index < -0.39 is 0 Å². The Labute approximate surface area is 134 Å². The fourth-order valence-corrected chi connectivity index (χ4v) is 3.08. The van der Waals surface area contributed by atoms with Crippen LogP contribution in [0.3, 0.4) is 0 Å². The number of methoxy groups -OCH3 is 2. The van der Waals surface area contributed by atoms with E-state index in [0.29, 0.717) is 0 Å². The lowest BCUT2D eigenvalue weighted by atomic mass is 10.1. The average molecular weight is 359 g/mol. The van der Waals surface area contributed by atoms with E-state index >= 15 is 0 Å². The molecule has 1 aromatic rings. The first-order chi connectivity index (χ1) is 10.2. The van der Waals surface area contributed by atoms with Gasteiger partial charge in [0.05, 0.1) is 25.3 Å². The zero-order valence-electron chi connectivity index (χ0n) is 12.6. The van der Waals surface area contributed by atoms with Crippen molar-refractivity contribution >= 4 is 15.9 Å². The molecule has 0 unspecified atom stereocenters. The van der Waals surface area contributed by atoms with E-state index in [0.717, 1.165) is 60.8 Å². The van der Waals surface area contributed by atoms with Gasteiger partial charge < -0.3 is 14.6 Å². The van der Waals surface area contributed by atoms with Crippen molar-refractivity contribution in [2.45, 2.75) is 6.54 Å². The van der Waals surface area contributed by atoms with Crippen LogP contribution in [0.2, 0.25) is 0 Å². The Balaban J connectivity index is 2.02. The first-order valence-corrected chi connectivity index (χ1v) is 7.93. The maximum absolute atomic E-state index is 8.98. The topological polar surface area (TPSA) is 45.2 Å². The Kier molecular flexibility index (Phi) is 6.29. The van der Waals surface area contributed by atoms with E-state index in [-0.39, 0.29) is 6.61 Å². The normalized spacial score (nSPS) is 17.0. The summed E-state index contributed by atoms with van der Waals surface area (Å²) in [5.41, 5.74) is 1.13.